The van der Waals surface area contributed by atoms with Crippen LogP contribution in [0.1, 0.15) is 26.2 Å². The van der Waals surface area contributed by atoms with E-state index in [1.165, 1.54) is 0 Å². The number of amides is 1. The van der Waals surface area contributed by atoms with E-state index >= 15 is 0 Å². The molecule has 1 saturated carbocycles. The fourth-order valence-corrected chi connectivity index (χ4v) is 2.47. The van der Waals surface area contributed by atoms with Crippen molar-refractivity contribution in [2.45, 2.75) is 26.2 Å². The summed E-state index contributed by atoms with van der Waals surface area (Å²) >= 11 is 0. The van der Waals surface area contributed by atoms with Gasteiger partial charge in [0.1, 0.15) is 5.41 Å². The number of nitrogens with one attached hydrogen (secondary N) is 1. The lowest BCUT2D eigenvalue weighted by atomic mass is 9.73. The van der Waals surface area contributed by atoms with Crippen molar-refractivity contribution >= 4 is 5.91 Å². The summed E-state index contributed by atoms with van der Waals surface area (Å²) in [4.78, 5) is 11.6. The number of hydrogen-bond donors (Lipinski definition) is 1. The van der Waals surface area contributed by atoms with Crippen LogP contribution in [0.2, 0.25) is 0 Å². The van der Waals surface area contributed by atoms with Crippen molar-refractivity contribution in [2.24, 2.45) is 17.3 Å². The van der Waals surface area contributed by atoms with Gasteiger partial charge in [0, 0.05) is 12.5 Å². The molecule has 1 heterocycles. The molecule has 0 aromatic heterocycles. The number of nitriles is 1. The molecule has 1 N–H and O–H groups in total. The van der Waals surface area contributed by atoms with Crippen LogP contribution in [0.25, 0.3) is 0 Å². The largest absolute Gasteiger partial charge is 0.354 e. The van der Waals surface area contributed by atoms with Crippen molar-refractivity contribution in [2.75, 3.05) is 6.54 Å². The van der Waals surface area contributed by atoms with Gasteiger partial charge < -0.3 is 5.32 Å². The minimum atomic E-state index is -0.672. The van der Waals surface area contributed by atoms with Gasteiger partial charge in [0.25, 0.3) is 0 Å². The van der Waals surface area contributed by atoms with E-state index in [1.807, 2.05) is 0 Å². The van der Waals surface area contributed by atoms with E-state index in [4.69, 9.17) is 0 Å². The summed E-state index contributed by atoms with van der Waals surface area (Å²) in [6.45, 7) is 2.75. The summed E-state index contributed by atoms with van der Waals surface area (Å²) in [5.41, 5.74) is -0.672. The third kappa shape index (κ3) is 0.980. The number of rotatable bonds is 2. The fourth-order valence-electron chi connectivity index (χ4n) is 2.47. The van der Waals surface area contributed by atoms with Crippen LogP contribution >= 0.6 is 0 Å². The highest BCUT2D eigenvalue weighted by atomic mass is 16.2. The van der Waals surface area contributed by atoms with Crippen molar-refractivity contribution in [3.8, 4) is 6.07 Å². The predicted octanol–water partition coefficient (Wildman–Crippen LogP) is 1.06. The second-order valence-electron chi connectivity index (χ2n) is 4.07. The van der Waals surface area contributed by atoms with Gasteiger partial charge in [-0.3, -0.25) is 4.79 Å². The second kappa shape index (κ2) is 2.73. The van der Waals surface area contributed by atoms with E-state index in [2.05, 4.69) is 18.3 Å². The second-order valence-corrected chi connectivity index (χ2v) is 4.07. The molecule has 3 heteroatoms. The van der Waals surface area contributed by atoms with Crippen molar-refractivity contribution in [1.82, 2.24) is 5.32 Å². The maximum Gasteiger partial charge on any atom is 0.241 e. The lowest BCUT2D eigenvalue weighted by molar-refractivity contribution is -0.127. The average molecular weight is 178 g/mol. The van der Waals surface area contributed by atoms with Crippen molar-refractivity contribution in [1.29, 1.82) is 5.26 Å². The molecule has 1 saturated heterocycles. The molecule has 0 spiro atoms. The number of carbonyl (C=O) groups excluding carboxylic acids is 1. The lowest BCUT2D eigenvalue weighted by Crippen LogP contribution is -2.35. The Kier molecular flexibility index (Phi) is 1.80. The van der Waals surface area contributed by atoms with Crippen LogP contribution in [0.5, 0.6) is 0 Å². The normalized spacial score (nSPS) is 38.5. The molecule has 1 amide bonds. The van der Waals surface area contributed by atoms with Gasteiger partial charge in [-0.25, -0.2) is 0 Å². The lowest BCUT2D eigenvalue weighted by Gasteiger charge is -2.23. The number of carbonyl (C=O) groups is 1. The van der Waals surface area contributed by atoms with Crippen molar-refractivity contribution in [3.63, 3.8) is 0 Å². The standard InChI is InChI=1S/C10H14N2O/c1-2-7-5-12-9(13)10(7,6-11)8-3-4-8/h7-8H,2-5H2,1H3,(H,12,13)/t7-,10-/m0/s1. The van der Waals surface area contributed by atoms with Crippen LogP contribution in [0.15, 0.2) is 0 Å². The first kappa shape index (κ1) is 8.55. The zero-order valence-electron chi connectivity index (χ0n) is 7.84. The first-order chi connectivity index (χ1) is 6.25. The molecule has 0 aromatic carbocycles. The highest BCUT2D eigenvalue weighted by Crippen LogP contribution is 2.52. The summed E-state index contributed by atoms with van der Waals surface area (Å²) in [6, 6.07) is 2.28. The molecule has 2 rings (SSSR count). The Hall–Kier alpha value is -1.04. The Bertz CT molecular complexity index is 277. The SMILES string of the molecule is CC[C@H]1CNC(=O)[C@]1(C#N)C1CC1. The van der Waals surface area contributed by atoms with Crippen LogP contribution in [-0.2, 0) is 4.79 Å². The minimum absolute atomic E-state index is 0.0237. The molecule has 1 aliphatic heterocycles. The third-order valence-corrected chi connectivity index (χ3v) is 3.43. The molecule has 0 unspecified atom stereocenters. The Labute approximate surface area is 78.1 Å². The molecule has 3 nitrogen and oxygen atoms in total. The molecule has 13 heavy (non-hydrogen) atoms. The molecular formula is C10H14N2O. The maximum absolute atomic E-state index is 11.6. The van der Waals surface area contributed by atoms with E-state index in [9.17, 15) is 10.1 Å². The van der Waals surface area contributed by atoms with Crippen molar-refractivity contribution in [3.05, 3.63) is 0 Å². The molecule has 2 atom stereocenters. The summed E-state index contributed by atoms with van der Waals surface area (Å²) < 4.78 is 0. The average Bonchev–Trinajstić information content (AvgIpc) is 2.92. The fraction of sp³-hybridized carbons (Fsp3) is 0.800. The van der Waals surface area contributed by atoms with E-state index in [0.29, 0.717) is 12.5 Å². The van der Waals surface area contributed by atoms with E-state index < -0.39 is 5.41 Å². The van der Waals surface area contributed by atoms with Gasteiger partial charge in [0.05, 0.1) is 6.07 Å². The Morgan fingerprint density at radius 3 is 2.85 bits per heavy atom. The molecule has 0 aromatic rings. The summed E-state index contributed by atoms with van der Waals surface area (Å²) in [7, 11) is 0. The van der Waals surface area contributed by atoms with Gasteiger partial charge in [0.2, 0.25) is 5.91 Å². The van der Waals surface area contributed by atoms with Crippen LogP contribution in [0, 0.1) is 28.6 Å². The molecule has 0 bridgehead atoms. The highest BCUT2D eigenvalue weighted by molar-refractivity contribution is 5.88. The quantitative estimate of drug-likeness (QED) is 0.687. The van der Waals surface area contributed by atoms with Crippen molar-refractivity contribution < 1.29 is 4.79 Å². The number of nitrogens with zero attached hydrogens (tertiary/aromatic N) is 1. The van der Waals surface area contributed by atoms with Gasteiger partial charge in [-0.05, 0) is 25.2 Å². The molecule has 1 aliphatic carbocycles. The Balaban J connectivity index is 2.33. The van der Waals surface area contributed by atoms with Gasteiger partial charge in [-0.1, -0.05) is 6.92 Å². The van der Waals surface area contributed by atoms with Crippen LogP contribution in [0.3, 0.4) is 0 Å². The first-order valence-corrected chi connectivity index (χ1v) is 4.95. The molecule has 70 valence electrons. The topological polar surface area (TPSA) is 52.9 Å². The summed E-state index contributed by atoms with van der Waals surface area (Å²) in [6.07, 6.45) is 3.03. The zero-order chi connectivity index (χ0) is 9.47. The van der Waals surface area contributed by atoms with Crippen LogP contribution in [0.4, 0.5) is 0 Å². The van der Waals surface area contributed by atoms with E-state index in [1.54, 1.807) is 0 Å². The minimum Gasteiger partial charge on any atom is -0.354 e. The highest BCUT2D eigenvalue weighted by Gasteiger charge is 2.58. The van der Waals surface area contributed by atoms with E-state index in [0.717, 1.165) is 19.3 Å². The van der Waals surface area contributed by atoms with Crippen LogP contribution < -0.4 is 5.32 Å². The number of hydrogen-bond acceptors (Lipinski definition) is 2. The molecular weight excluding hydrogens is 164 g/mol. The predicted molar refractivity (Wildman–Crippen MR) is 47.6 cm³/mol. The summed E-state index contributed by atoms with van der Waals surface area (Å²) in [5, 5.41) is 12.0. The van der Waals surface area contributed by atoms with E-state index in [-0.39, 0.29) is 11.8 Å². The smallest absolute Gasteiger partial charge is 0.241 e. The maximum atomic E-state index is 11.6. The molecule has 0 radical (unpaired) electrons. The van der Waals surface area contributed by atoms with Crippen LogP contribution in [-0.4, -0.2) is 12.5 Å². The Morgan fingerprint density at radius 2 is 2.38 bits per heavy atom. The first-order valence-electron chi connectivity index (χ1n) is 4.95. The van der Waals surface area contributed by atoms with Gasteiger partial charge in [-0.15, -0.1) is 0 Å². The zero-order valence-corrected chi connectivity index (χ0v) is 7.84. The monoisotopic (exact) mass is 178 g/mol. The van der Waals surface area contributed by atoms with Gasteiger partial charge >= 0.3 is 0 Å². The molecule has 2 aliphatic rings. The summed E-state index contributed by atoms with van der Waals surface area (Å²) in [5.74, 6) is 0.548. The van der Waals surface area contributed by atoms with Gasteiger partial charge in [0.15, 0.2) is 0 Å². The Morgan fingerprint density at radius 1 is 1.69 bits per heavy atom. The molecule has 2 fully saturated rings. The third-order valence-electron chi connectivity index (χ3n) is 3.43. The van der Waals surface area contributed by atoms with Gasteiger partial charge in [-0.2, -0.15) is 5.26 Å².